The van der Waals surface area contributed by atoms with Crippen LogP contribution in [0.3, 0.4) is 0 Å². The fourth-order valence-electron chi connectivity index (χ4n) is 2.64. The Morgan fingerprint density at radius 1 is 0.933 bits per heavy atom. The number of para-hydroxylation sites is 1. The van der Waals surface area contributed by atoms with Crippen LogP contribution in [0.2, 0.25) is 5.02 Å². The van der Waals surface area contributed by atoms with Crippen molar-refractivity contribution in [1.29, 1.82) is 0 Å². The summed E-state index contributed by atoms with van der Waals surface area (Å²) in [6.45, 7) is 3.35. The smallest absolute Gasteiger partial charge is 0.273 e. The zero-order valence-electron chi connectivity index (χ0n) is 16.0. The summed E-state index contributed by atoms with van der Waals surface area (Å²) in [6.07, 6.45) is 0. The van der Waals surface area contributed by atoms with Crippen LogP contribution in [0, 0.1) is 13.8 Å². The van der Waals surface area contributed by atoms with Gasteiger partial charge in [0.2, 0.25) is 0 Å². The van der Waals surface area contributed by atoms with E-state index in [-0.39, 0.29) is 21.2 Å². The maximum Gasteiger partial charge on any atom is 0.273 e. The molecular weight excluding hydrogens is 430 g/mol. The van der Waals surface area contributed by atoms with Crippen molar-refractivity contribution < 1.29 is 22.4 Å². The zero-order valence-corrected chi connectivity index (χ0v) is 17.6. The fourth-order valence-corrected chi connectivity index (χ4v) is 3.96. The van der Waals surface area contributed by atoms with E-state index in [1.807, 2.05) is 0 Å². The number of benzene rings is 2. The molecule has 1 aromatic heterocycles. The molecule has 0 aliphatic heterocycles. The Bertz CT molecular complexity index is 1200. The molecule has 0 spiro atoms. The van der Waals surface area contributed by atoms with E-state index in [0.29, 0.717) is 17.1 Å². The van der Waals surface area contributed by atoms with Crippen molar-refractivity contribution in [3.8, 4) is 0 Å². The van der Waals surface area contributed by atoms with E-state index >= 15 is 0 Å². The Morgan fingerprint density at radius 2 is 1.57 bits per heavy atom. The van der Waals surface area contributed by atoms with E-state index in [4.69, 9.17) is 16.0 Å². The van der Waals surface area contributed by atoms with E-state index in [1.165, 1.54) is 30.3 Å². The molecule has 0 aliphatic carbocycles. The monoisotopic (exact) mass is 447 g/mol. The highest BCUT2D eigenvalue weighted by Gasteiger charge is 2.18. The van der Waals surface area contributed by atoms with E-state index in [2.05, 4.69) is 15.6 Å². The number of nitrogens with one attached hydrogen (secondary N) is 3. The first-order valence-electron chi connectivity index (χ1n) is 8.72. The summed E-state index contributed by atoms with van der Waals surface area (Å²) in [5, 5.41) is 0.260. The SMILES string of the molecule is Cc1cc(C(=O)NNC(=O)c2ccc(S(=O)(=O)Nc3ccccc3Cl)cc2)c(C)o1. The Hall–Kier alpha value is -3.30. The molecule has 2 amide bonds. The van der Waals surface area contributed by atoms with Gasteiger partial charge in [0, 0.05) is 5.56 Å². The Morgan fingerprint density at radius 3 is 2.17 bits per heavy atom. The molecule has 0 unspecified atom stereocenters. The van der Waals surface area contributed by atoms with Gasteiger partial charge in [-0.3, -0.25) is 25.2 Å². The molecule has 8 nitrogen and oxygen atoms in total. The topological polar surface area (TPSA) is 118 Å². The molecule has 3 rings (SSSR count). The summed E-state index contributed by atoms with van der Waals surface area (Å²) in [7, 11) is -3.89. The molecule has 10 heteroatoms. The number of furan rings is 1. The molecule has 3 N–H and O–H groups in total. The molecule has 0 atom stereocenters. The molecule has 0 saturated heterocycles. The average Bonchev–Trinajstić information content (AvgIpc) is 3.05. The summed E-state index contributed by atoms with van der Waals surface area (Å²) in [6, 6.07) is 13.2. The second kappa shape index (κ2) is 8.60. The van der Waals surface area contributed by atoms with Crippen LogP contribution in [0.5, 0.6) is 0 Å². The van der Waals surface area contributed by atoms with Gasteiger partial charge in [0.05, 0.1) is 21.2 Å². The molecule has 1 heterocycles. The van der Waals surface area contributed by atoms with E-state index in [9.17, 15) is 18.0 Å². The van der Waals surface area contributed by atoms with Gasteiger partial charge in [-0.15, -0.1) is 0 Å². The summed E-state index contributed by atoms with van der Waals surface area (Å²) in [5.41, 5.74) is 5.28. The predicted octanol–water partition coefficient (Wildman–Crippen LogP) is 3.43. The van der Waals surface area contributed by atoms with Crippen molar-refractivity contribution in [2.45, 2.75) is 18.7 Å². The quantitative estimate of drug-likeness (QED) is 0.518. The normalized spacial score (nSPS) is 11.0. The second-order valence-electron chi connectivity index (χ2n) is 6.34. The molecule has 0 radical (unpaired) electrons. The molecule has 0 bridgehead atoms. The van der Waals surface area contributed by atoms with Gasteiger partial charge in [-0.25, -0.2) is 8.42 Å². The number of halogens is 1. The lowest BCUT2D eigenvalue weighted by Crippen LogP contribution is -2.41. The number of sulfonamides is 1. The highest BCUT2D eigenvalue weighted by Crippen LogP contribution is 2.24. The van der Waals surface area contributed by atoms with Gasteiger partial charge >= 0.3 is 0 Å². The second-order valence-corrected chi connectivity index (χ2v) is 8.43. The first-order chi connectivity index (χ1) is 14.2. The van der Waals surface area contributed by atoms with Gasteiger partial charge in [-0.05, 0) is 56.3 Å². The van der Waals surface area contributed by atoms with Gasteiger partial charge < -0.3 is 4.42 Å². The highest BCUT2D eigenvalue weighted by molar-refractivity contribution is 7.92. The number of rotatable bonds is 5. The van der Waals surface area contributed by atoms with Crippen LogP contribution in [0.25, 0.3) is 0 Å². The van der Waals surface area contributed by atoms with Crippen LogP contribution in [0.15, 0.2) is 63.9 Å². The van der Waals surface area contributed by atoms with Crippen LogP contribution in [-0.2, 0) is 10.0 Å². The van der Waals surface area contributed by atoms with Crippen LogP contribution in [0.4, 0.5) is 5.69 Å². The number of carbonyl (C=O) groups excluding carboxylic acids is 2. The molecule has 3 aromatic rings. The number of hydrazine groups is 1. The van der Waals surface area contributed by atoms with Crippen molar-refractivity contribution in [3.05, 3.63) is 82.3 Å². The van der Waals surface area contributed by atoms with Crippen molar-refractivity contribution in [2.24, 2.45) is 0 Å². The highest BCUT2D eigenvalue weighted by atomic mass is 35.5. The fraction of sp³-hybridized carbons (Fsp3) is 0.100. The molecule has 30 heavy (non-hydrogen) atoms. The molecule has 0 aliphatic rings. The van der Waals surface area contributed by atoms with Crippen LogP contribution < -0.4 is 15.6 Å². The lowest BCUT2D eigenvalue weighted by molar-refractivity contribution is 0.0845. The molecule has 0 fully saturated rings. The minimum absolute atomic E-state index is 0.0486. The molecule has 2 aromatic carbocycles. The summed E-state index contributed by atoms with van der Waals surface area (Å²) >= 11 is 5.98. The number of anilines is 1. The maximum atomic E-state index is 12.5. The lowest BCUT2D eigenvalue weighted by Gasteiger charge is -2.10. The summed E-state index contributed by atoms with van der Waals surface area (Å²) in [4.78, 5) is 24.3. The summed E-state index contributed by atoms with van der Waals surface area (Å²) < 4.78 is 32.7. The number of hydrogen-bond donors (Lipinski definition) is 3. The van der Waals surface area contributed by atoms with E-state index < -0.39 is 21.8 Å². The van der Waals surface area contributed by atoms with Gasteiger partial charge in [-0.1, -0.05) is 23.7 Å². The summed E-state index contributed by atoms with van der Waals surface area (Å²) in [5.74, 6) is -0.129. The number of hydrogen-bond acceptors (Lipinski definition) is 5. The third-order valence-corrected chi connectivity index (χ3v) is 5.83. The van der Waals surface area contributed by atoms with E-state index in [0.717, 1.165) is 0 Å². The van der Waals surface area contributed by atoms with Gasteiger partial charge in [0.1, 0.15) is 11.5 Å². The zero-order chi connectivity index (χ0) is 21.9. The van der Waals surface area contributed by atoms with Crippen molar-refractivity contribution >= 4 is 39.1 Å². The minimum atomic E-state index is -3.89. The molecule has 156 valence electrons. The predicted molar refractivity (Wildman–Crippen MR) is 112 cm³/mol. The van der Waals surface area contributed by atoms with Gasteiger partial charge in [0.15, 0.2) is 0 Å². The number of aryl methyl sites for hydroxylation is 2. The Kier molecular flexibility index (Phi) is 6.14. The largest absolute Gasteiger partial charge is 0.466 e. The minimum Gasteiger partial charge on any atom is -0.466 e. The van der Waals surface area contributed by atoms with E-state index in [1.54, 1.807) is 38.1 Å². The van der Waals surface area contributed by atoms with Gasteiger partial charge in [0.25, 0.3) is 21.8 Å². The third kappa shape index (κ3) is 4.81. The van der Waals surface area contributed by atoms with Crippen molar-refractivity contribution in [2.75, 3.05) is 4.72 Å². The standard InChI is InChI=1S/C20H18ClN3O5S/c1-12-11-16(13(2)29-12)20(26)23-22-19(25)14-7-9-15(10-8-14)30(27,28)24-18-6-4-3-5-17(18)21/h3-11,24H,1-2H3,(H,22,25)(H,23,26). The van der Waals surface area contributed by atoms with Crippen molar-refractivity contribution in [1.82, 2.24) is 10.9 Å². The average molecular weight is 448 g/mol. The van der Waals surface area contributed by atoms with Crippen molar-refractivity contribution in [3.63, 3.8) is 0 Å². The Labute approximate surface area is 178 Å². The number of amides is 2. The first-order valence-corrected chi connectivity index (χ1v) is 10.6. The molecular formula is C20H18ClN3O5S. The number of carbonyl (C=O) groups is 2. The maximum absolute atomic E-state index is 12.5. The Balaban J connectivity index is 1.66. The van der Waals surface area contributed by atoms with Gasteiger partial charge in [-0.2, -0.15) is 0 Å². The lowest BCUT2D eigenvalue weighted by atomic mass is 10.2. The molecule has 0 saturated carbocycles. The third-order valence-electron chi connectivity index (χ3n) is 4.12. The van der Waals surface area contributed by atoms with Crippen LogP contribution in [-0.4, -0.2) is 20.2 Å². The van der Waals surface area contributed by atoms with Crippen LogP contribution >= 0.6 is 11.6 Å². The first kappa shape index (κ1) is 21.4. The van der Waals surface area contributed by atoms with Crippen LogP contribution in [0.1, 0.15) is 32.2 Å².